The van der Waals surface area contributed by atoms with Crippen molar-refractivity contribution < 1.29 is 19.1 Å². The van der Waals surface area contributed by atoms with Gasteiger partial charge in [0.05, 0.1) is 19.6 Å². The summed E-state index contributed by atoms with van der Waals surface area (Å²) in [5.41, 5.74) is 1.23. The van der Waals surface area contributed by atoms with Gasteiger partial charge in [0.1, 0.15) is 0 Å². The lowest BCUT2D eigenvalue weighted by molar-refractivity contribution is -0.146. The van der Waals surface area contributed by atoms with Crippen molar-refractivity contribution in [3.05, 3.63) is 11.1 Å². The molecule has 0 aliphatic rings. The van der Waals surface area contributed by atoms with Gasteiger partial charge in [0.25, 0.3) is 0 Å². The molecule has 4 heteroatoms. The van der Waals surface area contributed by atoms with Gasteiger partial charge in [-0.2, -0.15) is 0 Å². The van der Waals surface area contributed by atoms with Crippen LogP contribution in [0.4, 0.5) is 0 Å². The van der Waals surface area contributed by atoms with E-state index >= 15 is 0 Å². The van der Waals surface area contributed by atoms with Gasteiger partial charge in [-0.05, 0) is 26.7 Å². The number of rotatable bonds is 11. The number of hydrogen-bond acceptors (Lipinski definition) is 4. The average Bonchev–Trinajstić information content (AvgIpc) is 2.45. The van der Waals surface area contributed by atoms with Crippen LogP contribution in [0.15, 0.2) is 11.1 Å². The molecule has 0 aromatic heterocycles. The largest absolute Gasteiger partial charge is 0.465 e. The first kappa shape index (κ1) is 19.7. The highest BCUT2D eigenvalue weighted by molar-refractivity contribution is 5.94. The van der Waals surface area contributed by atoms with Gasteiger partial charge in [-0.15, -0.1) is 0 Å². The minimum Gasteiger partial charge on any atom is -0.465 e. The van der Waals surface area contributed by atoms with Crippen molar-refractivity contribution >= 4 is 11.9 Å². The zero-order chi connectivity index (χ0) is 16.1. The van der Waals surface area contributed by atoms with Crippen molar-refractivity contribution in [2.75, 3.05) is 13.2 Å². The molecular weight excluding hydrogens is 268 g/mol. The third-order valence-corrected chi connectivity index (χ3v) is 3.16. The highest BCUT2D eigenvalue weighted by atomic mass is 16.5. The summed E-state index contributed by atoms with van der Waals surface area (Å²) in [6, 6.07) is 0. The first-order valence-corrected chi connectivity index (χ1v) is 8.02. The average molecular weight is 298 g/mol. The van der Waals surface area contributed by atoms with Crippen molar-refractivity contribution in [3.8, 4) is 0 Å². The van der Waals surface area contributed by atoms with Gasteiger partial charge in [0, 0.05) is 5.57 Å². The Bertz CT molecular complexity index is 341. The standard InChI is InChI=1S/C17H30O4/c1-5-7-9-11-20-16(18)13-15(14(3)4)17(19)21-12-10-8-6-2/h5-13H2,1-4H3. The summed E-state index contributed by atoms with van der Waals surface area (Å²) >= 11 is 0. The van der Waals surface area contributed by atoms with Crippen molar-refractivity contribution in [3.63, 3.8) is 0 Å². The first-order valence-electron chi connectivity index (χ1n) is 8.02. The van der Waals surface area contributed by atoms with E-state index < -0.39 is 5.97 Å². The molecule has 4 nitrogen and oxygen atoms in total. The van der Waals surface area contributed by atoms with E-state index in [1.807, 2.05) is 13.8 Å². The maximum atomic E-state index is 12.0. The summed E-state index contributed by atoms with van der Waals surface area (Å²) in [7, 11) is 0. The molecule has 0 radical (unpaired) electrons. The molecule has 0 spiro atoms. The van der Waals surface area contributed by atoms with E-state index in [1.165, 1.54) is 0 Å². The fourth-order valence-electron chi connectivity index (χ4n) is 1.79. The molecule has 0 aliphatic carbocycles. The second-order valence-corrected chi connectivity index (χ2v) is 5.43. The second kappa shape index (κ2) is 12.4. The van der Waals surface area contributed by atoms with E-state index in [0.717, 1.165) is 44.1 Å². The molecule has 0 unspecified atom stereocenters. The van der Waals surface area contributed by atoms with Gasteiger partial charge in [-0.25, -0.2) is 4.79 Å². The summed E-state index contributed by atoms with van der Waals surface area (Å²) in [5, 5.41) is 0. The summed E-state index contributed by atoms with van der Waals surface area (Å²) in [5.74, 6) is -0.746. The van der Waals surface area contributed by atoms with Crippen LogP contribution in [0.1, 0.15) is 72.6 Å². The topological polar surface area (TPSA) is 52.6 Å². The van der Waals surface area contributed by atoms with Crippen LogP contribution in [0, 0.1) is 0 Å². The number of esters is 2. The highest BCUT2D eigenvalue weighted by Gasteiger charge is 2.17. The van der Waals surface area contributed by atoms with Crippen LogP contribution in [0.5, 0.6) is 0 Å². The third kappa shape index (κ3) is 10.1. The van der Waals surface area contributed by atoms with E-state index in [9.17, 15) is 9.59 Å². The van der Waals surface area contributed by atoms with Crippen molar-refractivity contribution in [1.82, 2.24) is 0 Å². The van der Waals surface area contributed by atoms with Gasteiger partial charge in [0.15, 0.2) is 0 Å². The van der Waals surface area contributed by atoms with E-state index in [-0.39, 0.29) is 12.4 Å². The van der Waals surface area contributed by atoms with Crippen LogP contribution in [0.2, 0.25) is 0 Å². The summed E-state index contributed by atoms with van der Waals surface area (Å²) in [6.45, 7) is 8.65. The molecule has 0 rings (SSSR count). The van der Waals surface area contributed by atoms with E-state index in [4.69, 9.17) is 9.47 Å². The molecule has 0 heterocycles. The Kier molecular flexibility index (Phi) is 11.6. The molecule has 0 amide bonds. The molecule has 0 aromatic carbocycles. The van der Waals surface area contributed by atoms with Crippen molar-refractivity contribution in [2.45, 2.75) is 72.6 Å². The van der Waals surface area contributed by atoms with Crippen LogP contribution in [-0.4, -0.2) is 25.2 Å². The zero-order valence-corrected chi connectivity index (χ0v) is 14.0. The molecule has 0 bridgehead atoms. The normalized spacial score (nSPS) is 10.1. The fraction of sp³-hybridized carbons (Fsp3) is 0.765. The number of unbranched alkanes of at least 4 members (excludes halogenated alkanes) is 4. The molecular formula is C17H30O4. The zero-order valence-electron chi connectivity index (χ0n) is 14.0. The van der Waals surface area contributed by atoms with Crippen molar-refractivity contribution in [1.29, 1.82) is 0 Å². The van der Waals surface area contributed by atoms with Gasteiger partial charge in [-0.3, -0.25) is 4.79 Å². The molecule has 0 fully saturated rings. The minimum absolute atomic E-state index is 0.00106. The molecule has 0 N–H and O–H groups in total. The van der Waals surface area contributed by atoms with Crippen molar-refractivity contribution in [2.24, 2.45) is 0 Å². The van der Waals surface area contributed by atoms with Gasteiger partial charge in [0.2, 0.25) is 0 Å². The number of ether oxygens (including phenoxy) is 2. The van der Waals surface area contributed by atoms with Crippen LogP contribution in [-0.2, 0) is 19.1 Å². The lowest BCUT2D eigenvalue weighted by Gasteiger charge is -2.10. The van der Waals surface area contributed by atoms with Crippen LogP contribution in [0.25, 0.3) is 0 Å². The predicted octanol–water partition coefficient (Wildman–Crippen LogP) is 4.18. The van der Waals surface area contributed by atoms with Gasteiger partial charge >= 0.3 is 11.9 Å². The molecule has 122 valence electrons. The quantitative estimate of drug-likeness (QED) is 0.326. The Balaban J connectivity index is 4.21. The molecule has 0 saturated heterocycles. The lowest BCUT2D eigenvalue weighted by Crippen LogP contribution is -2.16. The van der Waals surface area contributed by atoms with Gasteiger partial charge in [-0.1, -0.05) is 45.1 Å². The number of hydrogen-bond donors (Lipinski definition) is 0. The Morgan fingerprint density at radius 2 is 1.33 bits per heavy atom. The van der Waals surface area contributed by atoms with Crippen LogP contribution in [0.3, 0.4) is 0 Å². The number of carbonyl (C=O) groups is 2. The van der Waals surface area contributed by atoms with Crippen LogP contribution >= 0.6 is 0 Å². The lowest BCUT2D eigenvalue weighted by atomic mass is 10.1. The third-order valence-electron chi connectivity index (χ3n) is 3.16. The summed E-state index contributed by atoms with van der Waals surface area (Å²) in [6.07, 6.45) is 5.98. The Hall–Kier alpha value is -1.32. The number of carbonyl (C=O) groups excluding carboxylic acids is 2. The molecule has 0 aromatic rings. The summed E-state index contributed by atoms with van der Waals surface area (Å²) in [4.78, 5) is 23.7. The highest BCUT2D eigenvalue weighted by Crippen LogP contribution is 2.12. The fourth-order valence-corrected chi connectivity index (χ4v) is 1.79. The monoisotopic (exact) mass is 298 g/mol. The van der Waals surface area contributed by atoms with E-state index in [2.05, 4.69) is 13.8 Å². The first-order chi connectivity index (χ1) is 10.0. The maximum absolute atomic E-state index is 12.0. The van der Waals surface area contributed by atoms with E-state index in [1.54, 1.807) is 0 Å². The van der Waals surface area contributed by atoms with Crippen LogP contribution < -0.4 is 0 Å². The smallest absolute Gasteiger partial charge is 0.334 e. The predicted molar refractivity (Wildman–Crippen MR) is 84.0 cm³/mol. The molecule has 21 heavy (non-hydrogen) atoms. The molecule has 0 aliphatic heterocycles. The minimum atomic E-state index is -0.392. The summed E-state index contributed by atoms with van der Waals surface area (Å²) < 4.78 is 10.3. The van der Waals surface area contributed by atoms with Gasteiger partial charge < -0.3 is 9.47 Å². The second-order valence-electron chi connectivity index (χ2n) is 5.43. The Morgan fingerprint density at radius 1 is 0.810 bits per heavy atom. The molecule has 0 saturated carbocycles. The SMILES string of the molecule is CCCCCOC(=O)CC(C(=O)OCCCCC)=C(C)C. The number of allylic oxidation sites excluding steroid dienone is 1. The van der Waals surface area contributed by atoms with E-state index in [0.29, 0.717) is 18.8 Å². The Morgan fingerprint density at radius 3 is 1.81 bits per heavy atom. The maximum Gasteiger partial charge on any atom is 0.334 e. The Labute approximate surface area is 128 Å². The molecule has 0 atom stereocenters.